The Labute approximate surface area is 217 Å². The van der Waals surface area contributed by atoms with E-state index in [1.54, 1.807) is 18.2 Å². The largest absolute Gasteiger partial charge is 0.478 e. The van der Waals surface area contributed by atoms with Crippen molar-refractivity contribution in [2.75, 3.05) is 26.3 Å². The SMILES string of the molecule is Cc1c(F)cccc1C1=C(c2ccc(CC3CN(CCCF)C3)cc2)c2ccc(C(=O)O)cc2CCC1. The molecule has 3 aromatic carbocycles. The van der Waals surface area contributed by atoms with E-state index in [-0.39, 0.29) is 12.5 Å². The van der Waals surface area contributed by atoms with Gasteiger partial charge in [0.05, 0.1) is 12.2 Å². The smallest absolute Gasteiger partial charge is 0.335 e. The van der Waals surface area contributed by atoms with Crippen LogP contribution in [0.1, 0.15) is 63.0 Å². The minimum atomic E-state index is -0.928. The molecule has 0 amide bonds. The zero-order valence-corrected chi connectivity index (χ0v) is 21.3. The number of hydrogen-bond donors (Lipinski definition) is 1. The lowest BCUT2D eigenvalue weighted by molar-refractivity contribution is 0.0696. The number of alkyl halides is 1. The summed E-state index contributed by atoms with van der Waals surface area (Å²) in [7, 11) is 0. The summed E-state index contributed by atoms with van der Waals surface area (Å²) in [4.78, 5) is 14.0. The quantitative estimate of drug-likeness (QED) is 0.363. The highest BCUT2D eigenvalue weighted by atomic mass is 19.1. The van der Waals surface area contributed by atoms with Gasteiger partial charge in [-0.15, -0.1) is 0 Å². The second-order valence-corrected chi connectivity index (χ2v) is 10.4. The molecule has 1 aliphatic carbocycles. The fraction of sp³-hybridized carbons (Fsp3) is 0.344. The predicted octanol–water partition coefficient (Wildman–Crippen LogP) is 6.96. The van der Waals surface area contributed by atoms with E-state index < -0.39 is 5.97 Å². The summed E-state index contributed by atoms with van der Waals surface area (Å²) in [5, 5.41) is 9.55. The average molecular weight is 502 g/mol. The highest BCUT2D eigenvalue weighted by molar-refractivity contribution is 6.01. The van der Waals surface area contributed by atoms with Crippen molar-refractivity contribution in [1.82, 2.24) is 4.90 Å². The van der Waals surface area contributed by atoms with E-state index in [4.69, 9.17) is 0 Å². The molecule has 1 saturated heterocycles. The van der Waals surface area contributed by atoms with Crippen molar-refractivity contribution < 1.29 is 18.7 Å². The van der Waals surface area contributed by atoms with Crippen LogP contribution in [0.15, 0.2) is 60.7 Å². The predicted molar refractivity (Wildman–Crippen MR) is 144 cm³/mol. The fourth-order valence-corrected chi connectivity index (χ4v) is 5.87. The van der Waals surface area contributed by atoms with Gasteiger partial charge in [-0.3, -0.25) is 4.39 Å². The number of halogens is 2. The van der Waals surface area contributed by atoms with Crippen molar-refractivity contribution in [2.45, 2.75) is 39.0 Å². The van der Waals surface area contributed by atoms with Crippen LogP contribution in [0.5, 0.6) is 0 Å². The molecule has 1 aliphatic heterocycles. The summed E-state index contributed by atoms with van der Waals surface area (Å²) in [6.45, 7) is 4.46. The molecule has 1 fully saturated rings. The van der Waals surface area contributed by atoms with Crippen LogP contribution in [0.25, 0.3) is 11.1 Å². The summed E-state index contributed by atoms with van der Waals surface area (Å²) >= 11 is 0. The van der Waals surface area contributed by atoms with Crippen molar-refractivity contribution in [3.05, 3.63) is 105 Å². The molecule has 2 aliphatic rings. The van der Waals surface area contributed by atoms with Crippen LogP contribution in [0.4, 0.5) is 8.78 Å². The molecule has 0 bridgehead atoms. The molecule has 3 nitrogen and oxygen atoms in total. The topological polar surface area (TPSA) is 40.5 Å². The highest BCUT2D eigenvalue weighted by Gasteiger charge is 2.26. The third-order valence-electron chi connectivity index (χ3n) is 7.80. The van der Waals surface area contributed by atoms with E-state index in [1.165, 1.54) is 11.6 Å². The van der Waals surface area contributed by atoms with E-state index in [1.807, 2.05) is 19.1 Å². The molecule has 0 unspecified atom stereocenters. The lowest BCUT2D eigenvalue weighted by Gasteiger charge is -2.39. The number of aromatic carboxylic acids is 1. The normalized spacial score (nSPS) is 16.3. The van der Waals surface area contributed by atoms with Gasteiger partial charge in [-0.2, -0.15) is 0 Å². The van der Waals surface area contributed by atoms with Gasteiger partial charge in [0, 0.05) is 19.6 Å². The number of nitrogens with zero attached hydrogens (tertiary/aromatic N) is 1. The second kappa shape index (κ2) is 11.0. The monoisotopic (exact) mass is 501 g/mol. The van der Waals surface area contributed by atoms with E-state index in [0.29, 0.717) is 23.5 Å². The molecule has 3 aromatic rings. The number of allylic oxidation sites excluding steroid dienone is 1. The average Bonchev–Trinajstić information content (AvgIpc) is 3.06. The number of carbonyl (C=O) groups is 1. The van der Waals surface area contributed by atoms with Gasteiger partial charge in [-0.1, -0.05) is 42.5 Å². The van der Waals surface area contributed by atoms with Crippen LogP contribution < -0.4 is 0 Å². The first-order chi connectivity index (χ1) is 17.9. The van der Waals surface area contributed by atoms with Crippen LogP contribution in [0.3, 0.4) is 0 Å². The van der Waals surface area contributed by atoms with Crippen LogP contribution in [-0.2, 0) is 12.8 Å². The molecule has 5 heteroatoms. The van der Waals surface area contributed by atoms with Gasteiger partial charge in [-0.25, -0.2) is 9.18 Å². The molecular weight excluding hydrogens is 468 g/mol. The number of carboxylic acids is 1. The van der Waals surface area contributed by atoms with Crippen molar-refractivity contribution >= 4 is 17.1 Å². The molecule has 192 valence electrons. The first-order valence-electron chi connectivity index (χ1n) is 13.2. The summed E-state index contributed by atoms with van der Waals surface area (Å²) in [6.07, 6.45) is 4.04. The molecular formula is C32H33F2NO2. The van der Waals surface area contributed by atoms with E-state index >= 15 is 0 Å². The van der Waals surface area contributed by atoms with Gasteiger partial charge in [0.15, 0.2) is 0 Å². The van der Waals surface area contributed by atoms with Gasteiger partial charge in [0.25, 0.3) is 0 Å². The Morgan fingerprint density at radius 2 is 1.81 bits per heavy atom. The van der Waals surface area contributed by atoms with Gasteiger partial charge >= 0.3 is 5.97 Å². The number of rotatable bonds is 8. The highest BCUT2D eigenvalue weighted by Crippen LogP contribution is 2.41. The third-order valence-corrected chi connectivity index (χ3v) is 7.80. The maximum Gasteiger partial charge on any atom is 0.335 e. The van der Waals surface area contributed by atoms with Gasteiger partial charge < -0.3 is 10.0 Å². The van der Waals surface area contributed by atoms with Gasteiger partial charge in [0.1, 0.15) is 5.82 Å². The lowest BCUT2D eigenvalue weighted by Crippen LogP contribution is -2.47. The van der Waals surface area contributed by atoms with E-state index in [9.17, 15) is 18.7 Å². The zero-order valence-electron chi connectivity index (χ0n) is 21.3. The van der Waals surface area contributed by atoms with Crippen LogP contribution in [0, 0.1) is 18.7 Å². The van der Waals surface area contributed by atoms with Crippen molar-refractivity contribution in [2.24, 2.45) is 5.92 Å². The van der Waals surface area contributed by atoms with E-state index in [0.717, 1.165) is 78.7 Å². The fourth-order valence-electron chi connectivity index (χ4n) is 5.87. The Kier molecular flexibility index (Phi) is 7.52. The Morgan fingerprint density at radius 3 is 2.54 bits per heavy atom. The summed E-state index contributed by atoms with van der Waals surface area (Å²) in [5.41, 5.74) is 8.39. The van der Waals surface area contributed by atoms with Gasteiger partial charge in [-0.05, 0) is 108 Å². The number of fused-ring (bicyclic) bond motifs is 1. The van der Waals surface area contributed by atoms with Crippen LogP contribution in [0.2, 0.25) is 0 Å². The molecule has 0 atom stereocenters. The number of carboxylic acid groups (broad SMARTS) is 1. The summed E-state index contributed by atoms with van der Waals surface area (Å²) in [5.74, 6) is -0.544. The summed E-state index contributed by atoms with van der Waals surface area (Å²) < 4.78 is 27.0. The molecule has 5 rings (SSSR count). The maximum absolute atomic E-state index is 14.6. The van der Waals surface area contributed by atoms with E-state index in [2.05, 4.69) is 29.2 Å². The van der Waals surface area contributed by atoms with Crippen molar-refractivity contribution in [1.29, 1.82) is 0 Å². The minimum absolute atomic E-state index is 0.216. The second-order valence-electron chi connectivity index (χ2n) is 10.4. The number of benzene rings is 3. The third kappa shape index (κ3) is 5.37. The Morgan fingerprint density at radius 1 is 1.03 bits per heavy atom. The minimum Gasteiger partial charge on any atom is -0.478 e. The summed E-state index contributed by atoms with van der Waals surface area (Å²) in [6, 6.07) is 19.3. The molecule has 37 heavy (non-hydrogen) atoms. The number of likely N-dealkylation sites (tertiary alicyclic amines) is 1. The lowest BCUT2D eigenvalue weighted by atomic mass is 9.85. The molecule has 0 spiro atoms. The Balaban J connectivity index is 1.51. The maximum atomic E-state index is 14.6. The van der Waals surface area contributed by atoms with Crippen LogP contribution in [-0.4, -0.2) is 42.3 Å². The first kappa shape index (κ1) is 25.3. The number of hydrogen-bond acceptors (Lipinski definition) is 2. The van der Waals surface area contributed by atoms with Crippen molar-refractivity contribution in [3.63, 3.8) is 0 Å². The standard InChI is InChI=1S/C32H33F2NO2/c1-21-27(6-3-8-30(21)34)29-7-2-5-25-18-26(32(36)37)13-14-28(25)31(29)24-11-9-22(10-12-24)17-23-19-35(20-23)16-4-15-33/h3,6,8-14,18,23H,2,4-5,7,15-17,19-20H2,1H3,(H,36,37). The molecule has 0 aromatic heterocycles. The molecule has 1 N–H and O–H groups in total. The Hall–Kier alpha value is -3.31. The van der Waals surface area contributed by atoms with Gasteiger partial charge in [0.2, 0.25) is 0 Å². The number of aryl methyl sites for hydroxylation is 1. The zero-order chi connectivity index (χ0) is 25.9. The van der Waals surface area contributed by atoms with Crippen LogP contribution >= 0.6 is 0 Å². The Bertz CT molecular complexity index is 1320. The molecule has 0 saturated carbocycles. The van der Waals surface area contributed by atoms with Crippen molar-refractivity contribution in [3.8, 4) is 0 Å². The molecule has 1 heterocycles. The first-order valence-corrected chi connectivity index (χ1v) is 13.2. The molecule has 0 radical (unpaired) electrons.